The Hall–Kier alpha value is -0.437. The molecular weight excluding hydrogens is 409 g/mol. The number of nitrogens with two attached hydrogens (primary N) is 1. The SMILES string of the molecule is C[C]1[CH][CH][C](C(C)C)[CH][CH]1.N=C([O-])[C@@H](N)Cc1ccccc1.[Cl][Ru+]. The van der Waals surface area contributed by atoms with Crippen molar-refractivity contribution in [3.8, 4) is 0 Å². The quantitative estimate of drug-likeness (QED) is 0.434. The molecule has 0 spiro atoms. The van der Waals surface area contributed by atoms with Crippen LogP contribution in [0.5, 0.6) is 0 Å². The summed E-state index contributed by atoms with van der Waals surface area (Å²) in [4.78, 5) is 0. The first kappa shape index (κ1) is 23.6. The Morgan fingerprint density at radius 1 is 1.12 bits per heavy atom. The molecule has 1 fully saturated rings. The Labute approximate surface area is 161 Å². The van der Waals surface area contributed by atoms with Crippen LogP contribution in [0.2, 0.25) is 0 Å². The van der Waals surface area contributed by atoms with Crippen molar-refractivity contribution in [2.45, 2.75) is 33.2 Å². The van der Waals surface area contributed by atoms with Crippen LogP contribution in [0.3, 0.4) is 0 Å². The van der Waals surface area contributed by atoms with E-state index < -0.39 is 11.9 Å². The van der Waals surface area contributed by atoms with E-state index in [2.05, 4.69) is 56.1 Å². The fourth-order valence-corrected chi connectivity index (χ4v) is 1.91. The van der Waals surface area contributed by atoms with Gasteiger partial charge in [0.2, 0.25) is 0 Å². The molecule has 1 aromatic rings. The minimum atomic E-state index is -0.709. The van der Waals surface area contributed by atoms with Crippen LogP contribution < -0.4 is 10.8 Å². The van der Waals surface area contributed by atoms with Gasteiger partial charge >= 0.3 is 27.0 Å². The first-order valence-electron chi connectivity index (χ1n) is 7.65. The molecule has 0 aliphatic heterocycles. The summed E-state index contributed by atoms with van der Waals surface area (Å²) in [5.74, 6) is 2.70. The predicted molar refractivity (Wildman–Crippen MR) is 95.9 cm³/mol. The Kier molecular flexibility index (Phi) is 13.6. The van der Waals surface area contributed by atoms with Crippen molar-refractivity contribution in [3.05, 3.63) is 73.4 Å². The number of halogens is 1. The van der Waals surface area contributed by atoms with Gasteiger partial charge in [-0.3, -0.25) is 0 Å². The second-order valence-electron chi connectivity index (χ2n) is 5.73. The van der Waals surface area contributed by atoms with Crippen molar-refractivity contribution >= 4 is 15.6 Å². The van der Waals surface area contributed by atoms with E-state index in [1.807, 2.05) is 47.6 Å². The van der Waals surface area contributed by atoms with Gasteiger partial charge in [-0.2, -0.15) is 0 Å². The molecule has 1 aliphatic rings. The predicted octanol–water partition coefficient (Wildman–Crippen LogP) is 3.22. The second kappa shape index (κ2) is 13.8. The molecule has 1 saturated carbocycles. The van der Waals surface area contributed by atoms with Crippen molar-refractivity contribution in [3.63, 3.8) is 0 Å². The van der Waals surface area contributed by atoms with Gasteiger partial charge in [-0.15, -0.1) is 0 Å². The maximum atomic E-state index is 10.5. The average molecular weight is 434 g/mol. The van der Waals surface area contributed by atoms with Crippen LogP contribution in [0.25, 0.3) is 0 Å². The van der Waals surface area contributed by atoms with Crippen LogP contribution in [0.4, 0.5) is 0 Å². The van der Waals surface area contributed by atoms with Crippen molar-refractivity contribution in [2.24, 2.45) is 11.7 Å². The molecule has 3 N–H and O–H groups in total. The molecule has 1 aliphatic carbocycles. The third-order valence-electron chi connectivity index (χ3n) is 3.38. The fraction of sp³-hybridized carbons (Fsp3) is 0.316. The topological polar surface area (TPSA) is 72.9 Å². The van der Waals surface area contributed by atoms with Crippen molar-refractivity contribution in [1.29, 1.82) is 5.41 Å². The van der Waals surface area contributed by atoms with Gasteiger partial charge in [-0.05, 0) is 61.3 Å². The molecule has 3 nitrogen and oxygen atoms in total. The number of hydrogen-bond donors (Lipinski definition) is 2. The van der Waals surface area contributed by atoms with E-state index in [1.165, 1.54) is 11.8 Å². The van der Waals surface area contributed by atoms with E-state index in [-0.39, 0.29) is 0 Å². The van der Waals surface area contributed by atoms with E-state index in [0.717, 1.165) is 5.56 Å². The van der Waals surface area contributed by atoms with Crippen LogP contribution in [0.1, 0.15) is 26.3 Å². The summed E-state index contributed by atoms with van der Waals surface area (Å²) in [6.45, 7) is 6.54. The Morgan fingerprint density at radius 3 is 2.04 bits per heavy atom. The van der Waals surface area contributed by atoms with Gasteiger partial charge in [0.15, 0.2) is 0 Å². The number of hydrogen-bond acceptors (Lipinski definition) is 3. The van der Waals surface area contributed by atoms with E-state index in [9.17, 15) is 5.11 Å². The molecule has 6 radical (unpaired) electrons. The van der Waals surface area contributed by atoms with Crippen LogP contribution in [0, 0.1) is 48.8 Å². The van der Waals surface area contributed by atoms with Gasteiger partial charge in [0.1, 0.15) is 0 Å². The fourth-order valence-electron chi connectivity index (χ4n) is 1.91. The van der Waals surface area contributed by atoms with Crippen LogP contribution in [-0.2, 0) is 23.7 Å². The van der Waals surface area contributed by atoms with Crippen molar-refractivity contribution in [2.75, 3.05) is 0 Å². The second-order valence-corrected chi connectivity index (χ2v) is 5.73. The maximum absolute atomic E-state index is 10.5. The summed E-state index contributed by atoms with van der Waals surface area (Å²) in [5.41, 5.74) is 6.40. The number of benzene rings is 1. The summed E-state index contributed by atoms with van der Waals surface area (Å²) < 4.78 is 0. The molecule has 1 aromatic carbocycles. The van der Waals surface area contributed by atoms with E-state index in [0.29, 0.717) is 12.3 Å². The number of rotatable bonds is 4. The molecule has 1 atom stereocenters. The summed E-state index contributed by atoms with van der Waals surface area (Å²) in [7, 11) is 4.57. The monoisotopic (exact) mass is 434 g/mol. The van der Waals surface area contributed by atoms with E-state index in [4.69, 9.17) is 11.1 Å². The summed E-state index contributed by atoms with van der Waals surface area (Å²) in [6, 6.07) is 8.77. The normalized spacial score (nSPS) is 16.5. The zero-order valence-electron chi connectivity index (χ0n) is 14.3. The standard InChI is InChI=1S/C10H14.C9H12N2O.ClH.Ru/c1-8(2)10-6-4-9(3)5-7-10;10-8(9(11)12)6-7-4-2-1-3-5-7;;/h4-8H,1-3H3;1-5,8H,6,10H2,(H2,11,12);1H;/q;;;+2/p-2/t;8-;;/m.0../s1. The molecule has 0 bridgehead atoms. The number of nitrogens with one attached hydrogen (secondary N) is 1. The molecule has 5 heteroatoms. The minimum absolute atomic E-state index is 0.448. The first-order valence-corrected chi connectivity index (χ1v) is 9.89. The molecule has 0 saturated heterocycles. The molecular formula is C19H25ClN2ORu. The van der Waals surface area contributed by atoms with Gasteiger partial charge in [0.05, 0.1) is 0 Å². The van der Waals surface area contributed by atoms with E-state index in [1.54, 1.807) is 0 Å². The molecule has 0 unspecified atom stereocenters. The zero-order chi connectivity index (χ0) is 18.5. The summed E-state index contributed by atoms with van der Waals surface area (Å²) >= 11 is 1.82. The third-order valence-corrected chi connectivity index (χ3v) is 3.38. The van der Waals surface area contributed by atoms with Gasteiger partial charge in [-0.1, -0.05) is 51.1 Å². The van der Waals surface area contributed by atoms with Gasteiger partial charge in [-0.25, -0.2) is 0 Å². The van der Waals surface area contributed by atoms with Crippen LogP contribution in [0.15, 0.2) is 30.3 Å². The Morgan fingerprint density at radius 2 is 1.62 bits per heavy atom. The van der Waals surface area contributed by atoms with Gasteiger partial charge in [0, 0.05) is 6.04 Å². The Balaban J connectivity index is 0.000000405. The molecule has 132 valence electrons. The zero-order valence-corrected chi connectivity index (χ0v) is 16.8. The molecule has 0 amide bonds. The van der Waals surface area contributed by atoms with E-state index >= 15 is 0 Å². The summed E-state index contributed by atoms with van der Waals surface area (Å²) in [6.07, 6.45) is 9.16. The first-order chi connectivity index (χ1) is 11.4. The summed E-state index contributed by atoms with van der Waals surface area (Å²) in [5, 5.41) is 17.3. The van der Waals surface area contributed by atoms with Gasteiger partial charge in [0.25, 0.3) is 0 Å². The third kappa shape index (κ3) is 10.4. The van der Waals surface area contributed by atoms with Crippen molar-refractivity contribution in [1.82, 2.24) is 0 Å². The van der Waals surface area contributed by atoms with Crippen LogP contribution in [-0.4, -0.2) is 11.9 Å². The molecule has 0 aromatic heterocycles. The average Bonchev–Trinajstić information content (AvgIpc) is 2.58. The molecule has 2 rings (SSSR count). The molecule has 0 heterocycles. The Bertz CT molecular complexity index is 434. The van der Waals surface area contributed by atoms with Crippen molar-refractivity contribution < 1.29 is 22.4 Å². The molecule has 24 heavy (non-hydrogen) atoms. The van der Waals surface area contributed by atoms with Crippen LogP contribution >= 0.6 is 9.69 Å². The van der Waals surface area contributed by atoms with Gasteiger partial charge < -0.3 is 16.2 Å².